The van der Waals surface area contributed by atoms with E-state index in [2.05, 4.69) is 11.0 Å². The molecule has 0 unspecified atom stereocenters. The summed E-state index contributed by atoms with van der Waals surface area (Å²) in [5.74, 6) is 0.126. The Morgan fingerprint density at radius 3 is 2.16 bits per heavy atom. The Balaban J connectivity index is 2.51. The van der Waals surface area contributed by atoms with Gasteiger partial charge in [0.05, 0.1) is 18.1 Å². The molecule has 1 rings (SSSR count). The van der Waals surface area contributed by atoms with Crippen LogP contribution in [0, 0.1) is 11.3 Å². The number of carbonyl (C=O) groups is 1. The van der Waals surface area contributed by atoms with Crippen LogP contribution in [-0.4, -0.2) is 60.1 Å². The molecule has 1 saturated heterocycles. The molecule has 0 atom stereocenters. The van der Waals surface area contributed by atoms with Crippen LogP contribution >= 0.6 is 0 Å². The third-order valence-electron chi connectivity index (χ3n) is 3.83. The van der Waals surface area contributed by atoms with E-state index in [-0.39, 0.29) is 5.91 Å². The van der Waals surface area contributed by atoms with E-state index in [1.165, 1.54) is 0 Å². The van der Waals surface area contributed by atoms with Crippen LogP contribution in [0.3, 0.4) is 0 Å². The summed E-state index contributed by atoms with van der Waals surface area (Å²) >= 11 is 0. The van der Waals surface area contributed by atoms with Crippen LogP contribution in [0.5, 0.6) is 0 Å². The molecular weight excluding hydrogens is 242 g/mol. The van der Waals surface area contributed by atoms with Crippen LogP contribution in [0.2, 0.25) is 0 Å². The van der Waals surface area contributed by atoms with Crippen LogP contribution in [0.25, 0.3) is 0 Å². The van der Waals surface area contributed by atoms with Crippen molar-refractivity contribution in [2.75, 3.05) is 33.3 Å². The molecule has 19 heavy (non-hydrogen) atoms. The largest absolute Gasteiger partial charge is 0.378 e. The Labute approximate surface area is 116 Å². The van der Waals surface area contributed by atoms with Gasteiger partial charge in [0.1, 0.15) is 5.54 Å². The molecule has 0 spiro atoms. The minimum Gasteiger partial charge on any atom is -0.378 e. The van der Waals surface area contributed by atoms with Crippen molar-refractivity contribution in [2.45, 2.75) is 45.3 Å². The van der Waals surface area contributed by atoms with Crippen molar-refractivity contribution in [3.8, 4) is 6.07 Å². The summed E-state index contributed by atoms with van der Waals surface area (Å²) in [6.45, 7) is 10.5. The molecule has 108 valence electrons. The summed E-state index contributed by atoms with van der Waals surface area (Å²) < 4.78 is 5.29. The van der Waals surface area contributed by atoms with Crippen molar-refractivity contribution in [3.63, 3.8) is 0 Å². The van der Waals surface area contributed by atoms with Gasteiger partial charge >= 0.3 is 0 Å². The van der Waals surface area contributed by atoms with Crippen molar-refractivity contribution < 1.29 is 9.53 Å². The Morgan fingerprint density at radius 1 is 1.21 bits per heavy atom. The van der Waals surface area contributed by atoms with Crippen molar-refractivity contribution in [1.82, 2.24) is 9.80 Å². The van der Waals surface area contributed by atoms with Crippen molar-refractivity contribution >= 4 is 5.91 Å². The van der Waals surface area contributed by atoms with Gasteiger partial charge in [-0.05, 0) is 27.7 Å². The highest BCUT2D eigenvalue weighted by Gasteiger charge is 2.32. The van der Waals surface area contributed by atoms with E-state index in [1.54, 1.807) is 7.11 Å². The first-order valence-electron chi connectivity index (χ1n) is 6.71. The van der Waals surface area contributed by atoms with Crippen LogP contribution in [0.4, 0.5) is 0 Å². The summed E-state index contributed by atoms with van der Waals surface area (Å²) in [5.41, 5.74) is -0.874. The summed E-state index contributed by atoms with van der Waals surface area (Å²) in [7, 11) is 1.63. The Kier molecular flexibility index (Phi) is 4.94. The van der Waals surface area contributed by atoms with E-state index in [0.717, 1.165) is 13.1 Å². The van der Waals surface area contributed by atoms with Gasteiger partial charge in [-0.2, -0.15) is 5.26 Å². The fraction of sp³-hybridized carbons (Fsp3) is 0.857. The quantitative estimate of drug-likeness (QED) is 0.769. The SMILES string of the molecule is COC(C)(C)CC(=O)N1CCN(C(C)(C)C#N)CC1. The highest BCUT2D eigenvalue weighted by molar-refractivity contribution is 5.77. The maximum Gasteiger partial charge on any atom is 0.225 e. The lowest BCUT2D eigenvalue weighted by molar-refractivity contribution is -0.138. The molecule has 5 nitrogen and oxygen atoms in total. The topological polar surface area (TPSA) is 56.6 Å². The predicted molar refractivity (Wildman–Crippen MR) is 73.6 cm³/mol. The number of hydrogen-bond acceptors (Lipinski definition) is 4. The number of amides is 1. The van der Waals surface area contributed by atoms with E-state index in [9.17, 15) is 4.79 Å². The molecule has 0 saturated carbocycles. The number of rotatable bonds is 4. The second-order valence-corrected chi connectivity index (χ2v) is 6.18. The van der Waals surface area contributed by atoms with E-state index in [4.69, 9.17) is 10.00 Å². The minimum absolute atomic E-state index is 0.126. The molecule has 1 aliphatic rings. The first-order valence-corrected chi connectivity index (χ1v) is 6.71. The fourth-order valence-electron chi connectivity index (χ4n) is 2.13. The maximum atomic E-state index is 12.2. The van der Waals surface area contributed by atoms with Crippen molar-refractivity contribution in [3.05, 3.63) is 0 Å². The Hall–Kier alpha value is -1.12. The average Bonchev–Trinajstić information content (AvgIpc) is 2.38. The summed E-state index contributed by atoms with van der Waals surface area (Å²) in [6, 6.07) is 2.30. The zero-order chi connectivity index (χ0) is 14.7. The zero-order valence-corrected chi connectivity index (χ0v) is 12.7. The molecule has 0 radical (unpaired) electrons. The van der Waals surface area contributed by atoms with Gasteiger partial charge in [-0.1, -0.05) is 0 Å². The van der Waals surface area contributed by atoms with Crippen molar-refractivity contribution in [2.24, 2.45) is 0 Å². The van der Waals surface area contributed by atoms with Crippen LogP contribution in [0.15, 0.2) is 0 Å². The normalized spacial score (nSPS) is 18.2. The molecule has 5 heteroatoms. The smallest absolute Gasteiger partial charge is 0.225 e. The standard InChI is InChI=1S/C14H25N3O2/c1-13(2,11-15)17-8-6-16(7-9-17)12(18)10-14(3,4)19-5/h6-10H2,1-5H3. The zero-order valence-electron chi connectivity index (χ0n) is 12.7. The highest BCUT2D eigenvalue weighted by Crippen LogP contribution is 2.19. The molecule has 0 aromatic heterocycles. The third kappa shape index (κ3) is 4.19. The summed E-state index contributed by atoms with van der Waals surface area (Å²) in [5, 5.41) is 9.12. The van der Waals surface area contributed by atoms with Gasteiger partial charge in [-0.3, -0.25) is 9.69 Å². The summed E-state index contributed by atoms with van der Waals surface area (Å²) in [4.78, 5) is 16.1. The third-order valence-corrected chi connectivity index (χ3v) is 3.83. The molecule has 0 aromatic carbocycles. The summed E-state index contributed by atoms with van der Waals surface area (Å²) in [6.07, 6.45) is 0.394. The molecule has 0 aromatic rings. The van der Waals surface area contributed by atoms with E-state index < -0.39 is 11.1 Å². The Bertz CT molecular complexity index is 363. The first kappa shape index (κ1) is 15.9. The molecule has 0 aliphatic carbocycles. The molecule has 1 fully saturated rings. The van der Waals surface area contributed by atoms with Gasteiger partial charge in [-0.25, -0.2) is 0 Å². The van der Waals surface area contributed by atoms with E-state index in [1.807, 2.05) is 32.6 Å². The second-order valence-electron chi connectivity index (χ2n) is 6.18. The van der Waals surface area contributed by atoms with Crippen molar-refractivity contribution in [1.29, 1.82) is 5.26 Å². The Morgan fingerprint density at radius 2 is 1.74 bits per heavy atom. The van der Waals surface area contributed by atoms with Gasteiger partial charge in [-0.15, -0.1) is 0 Å². The number of hydrogen-bond donors (Lipinski definition) is 0. The maximum absolute atomic E-state index is 12.2. The highest BCUT2D eigenvalue weighted by atomic mass is 16.5. The van der Waals surface area contributed by atoms with E-state index in [0.29, 0.717) is 19.5 Å². The molecule has 1 heterocycles. The molecule has 0 N–H and O–H groups in total. The molecule has 1 amide bonds. The van der Waals surface area contributed by atoms with Crippen LogP contribution in [-0.2, 0) is 9.53 Å². The minimum atomic E-state index is -0.457. The first-order chi connectivity index (χ1) is 8.72. The lowest BCUT2D eigenvalue weighted by Gasteiger charge is -2.41. The van der Waals surface area contributed by atoms with Gasteiger partial charge in [0.25, 0.3) is 0 Å². The number of methoxy groups -OCH3 is 1. The van der Waals surface area contributed by atoms with Gasteiger partial charge in [0.2, 0.25) is 5.91 Å². The lowest BCUT2D eigenvalue weighted by Crippen LogP contribution is -2.55. The number of nitrogens with zero attached hydrogens (tertiary/aromatic N) is 3. The monoisotopic (exact) mass is 267 g/mol. The number of piperazine rings is 1. The molecule has 0 bridgehead atoms. The number of nitriles is 1. The molecular formula is C14H25N3O2. The fourth-order valence-corrected chi connectivity index (χ4v) is 2.13. The van der Waals surface area contributed by atoms with E-state index >= 15 is 0 Å². The van der Waals surface area contributed by atoms with Gasteiger partial charge in [0, 0.05) is 33.3 Å². The second kappa shape index (κ2) is 5.89. The predicted octanol–water partition coefficient (Wildman–Crippen LogP) is 1.25. The van der Waals surface area contributed by atoms with Crippen LogP contribution in [0.1, 0.15) is 34.1 Å². The molecule has 1 aliphatic heterocycles. The lowest BCUT2D eigenvalue weighted by atomic mass is 10.0. The number of ether oxygens (including phenoxy) is 1. The van der Waals surface area contributed by atoms with Crippen LogP contribution < -0.4 is 0 Å². The number of carbonyl (C=O) groups excluding carboxylic acids is 1. The van der Waals surface area contributed by atoms with Gasteiger partial charge < -0.3 is 9.64 Å². The average molecular weight is 267 g/mol. The van der Waals surface area contributed by atoms with Gasteiger partial charge in [0.15, 0.2) is 0 Å².